The number of benzene rings is 1. The van der Waals surface area contributed by atoms with Crippen LogP contribution in [0.2, 0.25) is 0 Å². The predicted octanol–water partition coefficient (Wildman–Crippen LogP) is 2.14. The Morgan fingerprint density at radius 2 is 2.16 bits per heavy atom. The Balaban J connectivity index is 1.89. The van der Waals surface area contributed by atoms with Crippen molar-refractivity contribution in [1.29, 1.82) is 0 Å². The van der Waals surface area contributed by atoms with Crippen molar-refractivity contribution in [2.75, 3.05) is 26.9 Å². The normalized spacial score (nSPS) is 22.2. The van der Waals surface area contributed by atoms with E-state index in [1.165, 1.54) is 19.2 Å². The maximum absolute atomic E-state index is 14.1. The lowest BCUT2D eigenvalue weighted by molar-refractivity contribution is -0.112. The zero-order valence-electron chi connectivity index (χ0n) is 14.5. The average molecular weight is 347 g/mol. The first-order valence-electron chi connectivity index (χ1n) is 8.15. The topological polar surface area (TPSA) is 37.3 Å². The Bertz CT molecular complexity index is 728. The summed E-state index contributed by atoms with van der Waals surface area (Å²) in [4.78, 5) is 8.66. The number of nitrogens with zero attached hydrogens (tertiary/aromatic N) is 3. The van der Waals surface area contributed by atoms with E-state index in [9.17, 15) is 8.78 Å². The van der Waals surface area contributed by atoms with Crippen LogP contribution in [0.25, 0.3) is 0 Å². The lowest BCUT2D eigenvalue weighted by atomic mass is 9.86. The Hall–Kier alpha value is -2.09. The molecule has 3 rings (SSSR count). The van der Waals surface area contributed by atoms with Gasteiger partial charge in [-0.05, 0) is 19.9 Å². The summed E-state index contributed by atoms with van der Waals surface area (Å²) in [5, 5.41) is 0. The summed E-state index contributed by atoms with van der Waals surface area (Å²) in [5.41, 5.74) is -2.21. The number of ether oxygens (including phenoxy) is 2. The second-order valence-electron chi connectivity index (χ2n) is 6.07. The molecular formula is C17H20BF2N3O2. The fraction of sp³-hybridized carbons (Fsp3) is 0.471. The van der Waals surface area contributed by atoms with Gasteiger partial charge in [0.25, 0.3) is 0 Å². The molecule has 0 bridgehead atoms. The van der Waals surface area contributed by atoms with Crippen LogP contribution in [0.15, 0.2) is 35.1 Å². The highest BCUT2D eigenvalue weighted by atomic mass is 19.2. The molecule has 0 aliphatic carbocycles. The molecule has 2 heterocycles. The van der Waals surface area contributed by atoms with Gasteiger partial charge in [0.1, 0.15) is 12.5 Å². The first-order valence-corrected chi connectivity index (χ1v) is 8.15. The van der Waals surface area contributed by atoms with Crippen LogP contribution < -0.4 is 0 Å². The minimum Gasteiger partial charge on any atom is -0.451 e. The number of hydrogen-bond acceptors (Lipinski definition) is 5. The summed E-state index contributed by atoms with van der Waals surface area (Å²) in [6, 6.07) is 4.03. The summed E-state index contributed by atoms with van der Waals surface area (Å²) < 4.78 is 38.5. The molecule has 1 saturated heterocycles. The van der Waals surface area contributed by atoms with Crippen LogP contribution in [0, 0.1) is 11.6 Å². The van der Waals surface area contributed by atoms with Gasteiger partial charge in [-0.3, -0.25) is 0 Å². The molecule has 2 radical (unpaired) electrons. The van der Waals surface area contributed by atoms with E-state index in [4.69, 9.17) is 17.3 Å². The highest BCUT2D eigenvalue weighted by Gasteiger charge is 2.36. The average Bonchev–Trinajstić information content (AvgIpc) is 2.91. The van der Waals surface area contributed by atoms with Gasteiger partial charge in [-0.2, -0.15) is 0 Å². The van der Waals surface area contributed by atoms with Gasteiger partial charge in [-0.1, -0.05) is 12.1 Å². The van der Waals surface area contributed by atoms with E-state index in [-0.39, 0.29) is 11.5 Å². The molecule has 0 spiro atoms. The molecule has 132 valence electrons. The molecule has 0 aromatic heterocycles. The molecule has 1 aromatic carbocycles. The third-order valence-electron chi connectivity index (χ3n) is 4.51. The van der Waals surface area contributed by atoms with Crippen molar-refractivity contribution in [1.82, 2.24) is 9.80 Å². The first-order chi connectivity index (χ1) is 11.9. The minimum atomic E-state index is -1.98. The van der Waals surface area contributed by atoms with E-state index in [2.05, 4.69) is 28.6 Å². The minimum absolute atomic E-state index is 0.215. The Labute approximate surface area is 147 Å². The Morgan fingerprint density at radius 1 is 1.40 bits per heavy atom. The number of aliphatic imine (C=N–C) groups is 1. The molecule has 5 nitrogen and oxygen atoms in total. The molecule has 0 amide bonds. The quantitative estimate of drug-likeness (QED) is 0.618. The Morgan fingerprint density at radius 3 is 2.84 bits per heavy atom. The van der Waals surface area contributed by atoms with Crippen LogP contribution in [-0.4, -0.2) is 56.5 Å². The summed E-state index contributed by atoms with van der Waals surface area (Å²) >= 11 is 0. The third-order valence-corrected chi connectivity index (χ3v) is 4.51. The molecule has 2 aliphatic rings. The van der Waals surface area contributed by atoms with Crippen molar-refractivity contribution in [2.45, 2.75) is 25.6 Å². The molecule has 1 fully saturated rings. The highest BCUT2D eigenvalue weighted by molar-refractivity contribution is 6.15. The second-order valence-corrected chi connectivity index (χ2v) is 6.07. The fourth-order valence-corrected chi connectivity index (χ4v) is 3.20. The standard InChI is InChI=1S/C17H20BF2N3O2/c1-4-23-11(2)9-22-10-21-14(8-15(22)23)25-17(18,24-3)12-6-5-7-13(19)16(12)20/h5-8,11H,4,9-10H2,1-3H3. The van der Waals surface area contributed by atoms with E-state index in [1.54, 1.807) is 6.08 Å². The molecule has 1 aromatic rings. The molecular weight excluding hydrogens is 327 g/mol. The number of rotatable bonds is 4. The zero-order valence-corrected chi connectivity index (χ0v) is 14.5. The molecule has 2 unspecified atom stereocenters. The van der Waals surface area contributed by atoms with Gasteiger partial charge >= 0.3 is 0 Å². The number of halogens is 2. The lowest BCUT2D eigenvalue weighted by Crippen LogP contribution is -2.38. The highest BCUT2D eigenvalue weighted by Crippen LogP contribution is 2.30. The van der Waals surface area contributed by atoms with Gasteiger partial charge in [0.05, 0.1) is 5.56 Å². The van der Waals surface area contributed by atoms with Crippen LogP contribution in [0.1, 0.15) is 19.4 Å². The van der Waals surface area contributed by atoms with Crippen LogP contribution in [0.4, 0.5) is 8.78 Å². The summed E-state index contributed by atoms with van der Waals surface area (Å²) in [6.45, 7) is 6.32. The van der Waals surface area contributed by atoms with E-state index in [1.807, 2.05) is 0 Å². The smallest absolute Gasteiger partial charge is 0.216 e. The molecule has 2 aliphatic heterocycles. The number of methoxy groups -OCH3 is 1. The maximum Gasteiger partial charge on any atom is 0.216 e. The maximum atomic E-state index is 14.1. The second kappa shape index (κ2) is 6.67. The van der Waals surface area contributed by atoms with E-state index in [0.29, 0.717) is 12.7 Å². The van der Waals surface area contributed by atoms with Gasteiger partial charge in [-0.25, -0.2) is 13.8 Å². The number of fused-ring (bicyclic) bond motifs is 1. The van der Waals surface area contributed by atoms with E-state index < -0.39 is 17.3 Å². The molecule has 0 saturated carbocycles. The van der Waals surface area contributed by atoms with Gasteiger partial charge < -0.3 is 19.3 Å². The van der Waals surface area contributed by atoms with Gasteiger partial charge in [0, 0.05) is 32.3 Å². The van der Waals surface area contributed by atoms with Crippen molar-refractivity contribution >= 4 is 13.7 Å². The largest absolute Gasteiger partial charge is 0.451 e. The first kappa shape index (κ1) is 17.7. The van der Waals surface area contributed by atoms with Crippen molar-refractivity contribution in [3.63, 3.8) is 0 Å². The number of likely N-dealkylation sites (N-methyl/N-ethyl adjacent to an activating group) is 1. The van der Waals surface area contributed by atoms with Crippen LogP contribution in [0.5, 0.6) is 0 Å². The van der Waals surface area contributed by atoms with Crippen LogP contribution >= 0.6 is 0 Å². The van der Waals surface area contributed by atoms with Crippen molar-refractivity contribution < 1.29 is 18.3 Å². The van der Waals surface area contributed by atoms with E-state index >= 15 is 0 Å². The van der Waals surface area contributed by atoms with Crippen LogP contribution in [0.3, 0.4) is 0 Å². The summed E-state index contributed by atoms with van der Waals surface area (Å²) in [6.07, 6.45) is 1.74. The van der Waals surface area contributed by atoms with Crippen molar-refractivity contribution in [2.24, 2.45) is 4.99 Å². The SMILES string of the molecule is [B]C(OC)(OC1=NCN2CC(C)N(CC)C2=C1)c1cccc(F)c1F. The lowest BCUT2D eigenvalue weighted by Gasteiger charge is -2.33. The third kappa shape index (κ3) is 3.10. The summed E-state index contributed by atoms with van der Waals surface area (Å²) in [7, 11) is 7.33. The molecule has 25 heavy (non-hydrogen) atoms. The van der Waals surface area contributed by atoms with Crippen molar-refractivity contribution in [3.05, 3.63) is 47.3 Å². The monoisotopic (exact) mass is 347 g/mol. The molecule has 0 N–H and O–H groups in total. The zero-order chi connectivity index (χ0) is 18.2. The summed E-state index contributed by atoms with van der Waals surface area (Å²) in [5.74, 6) is -0.947. The molecule has 8 heteroatoms. The van der Waals surface area contributed by atoms with Gasteiger partial charge in [0.15, 0.2) is 25.2 Å². The van der Waals surface area contributed by atoms with Gasteiger partial charge in [-0.15, -0.1) is 0 Å². The van der Waals surface area contributed by atoms with E-state index in [0.717, 1.165) is 25.0 Å². The fourth-order valence-electron chi connectivity index (χ4n) is 3.20. The predicted molar refractivity (Wildman–Crippen MR) is 90.8 cm³/mol. The molecule has 2 atom stereocenters. The van der Waals surface area contributed by atoms with Gasteiger partial charge in [0.2, 0.25) is 5.90 Å². The Kier molecular flexibility index (Phi) is 4.73. The van der Waals surface area contributed by atoms with Crippen molar-refractivity contribution in [3.8, 4) is 0 Å². The number of hydrogen-bond donors (Lipinski definition) is 0. The van der Waals surface area contributed by atoms with Crippen LogP contribution in [-0.2, 0) is 15.2 Å².